The molecule has 8 nitrogen and oxygen atoms in total. The number of hydrogen-bond donors (Lipinski definition) is 3. The van der Waals surface area contributed by atoms with Gasteiger partial charge in [0.15, 0.2) is 0 Å². The minimum atomic E-state index is -3.73. The number of primary sulfonamides is 1. The molecule has 0 bridgehead atoms. The summed E-state index contributed by atoms with van der Waals surface area (Å²) in [5, 5.41) is 11.4. The maximum Gasteiger partial charge on any atom is 0.238 e. The molecule has 0 saturated heterocycles. The van der Waals surface area contributed by atoms with Gasteiger partial charge in [0.2, 0.25) is 16.0 Å². The zero-order valence-corrected chi connectivity index (χ0v) is 17.3. The van der Waals surface area contributed by atoms with Gasteiger partial charge in [-0.05, 0) is 57.9 Å². The van der Waals surface area contributed by atoms with E-state index in [0.29, 0.717) is 24.0 Å². The lowest BCUT2D eigenvalue weighted by atomic mass is 10.2. The van der Waals surface area contributed by atoms with E-state index in [9.17, 15) is 8.42 Å². The monoisotopic (exact) mass is 463 g/mol. The molecule has 2 aromatic carbocycles. The van der Waals surface area contributed by atoms with Crippen LogP contribution in [0.5, 0.6) is 5.75 Å². The van der Waals surface area contributed by atoms with Crippen LogP contribution in [0.4, 0.5) is 17.5 Å². The fraction of sp³-hybridized carbons (Fsp3) is 0.111. The molecule has 0 spiro atoms. The topological polar surface area (TPSA) is 119 Å². The first-order chi connectivity index (χ1) is 13.3. The molecule has 10 heteroatoms. The number of aromatic nitrogens is 2. The summed E-state index contributed by atoms with van der Waals surface area (Å²) in [7, 11) is -2.10. The van der Waals surface area contributed by atoms with Crippen molar-refractivity contribution in [3.05, 3.63) is 64.8 Å². The van der Waals surface area contributed by atoms with Gasteiger partial charge in [0, 0.05) is 18.4 Å². The Balaban J connectivity index is 1.70. The molecule has 0 radical (unpaired) electrons. The molecule has 0 fully saturated rings. The number of halogens is 1. The lowest BCUT2D eigenvalue weighted by Gasteiger charge is -2.11. The average Bonchev–Trinajstić information content (AvgIpc) is 2.68. The molecule has 1 heterocycles. The molecule has 0 unspecified atom stereocenters. The second kappa shape index (κ2) is 8.55. The van der Waals surface area contributed by atoms with Crippen LogP contribution in [-0.2, 0) is 16.6 Å². The van der Waals surface area contributed by atoms with E-state index in [1.807, 2.05) is 24.3 Å². The summed E-state index contributed by atoms with van der Waals surface area (Å²) >= 11 is 3.43. The van der Waals surface area contributed by atoms with Gasteiger partial charge in [-0.3, -0.25) is 0 Å². The number of sulfonamides is 1. The molecular formula is C18H18BrN5O3S. The Labute approximate surface area is 171 Å². The van der Waals surface area contributed by atoms with E-state index in [1.54, 1.807) is 25.4 Å². The summed E-state index contributed by atoms with van der Waals surface area (Å²) in [5.74, 6) is 1.78. The minimum absolute atomic E-state index is 0.0385. The first-order valence-electron chi connectivity index (χ1n) is 8.14. The highest BCUT2D eigenvalue weighted by atomic mass is 79.9. The fourth-order valence-electron chi connectivity index (χ4n) is 2.34. The van der Waals surface area contributed by atoms with Crippen LogP contribution in [0.3, 0.4) is 0 Å². The molecule has 4 N–H and O–H groups in total. The third-order valence-electron chi connectivity index (χ3n) is 3.80. The normalized spacial score (nSPS) is 11.1. The molecule has 0 amide bonds. The van der Waals surface area contributed by atoms with Crippen LogP contribution < -0.4 is 20.5 Å². The van der Waals surface area contributed by atoms with Crippen LogP contribution in [0.2, 0.25) is 0 Å². The molecule has 0 aliphatic heterocycles. The number of nitrogens with one attached hydrogen (secondary N) is 2. The maximum atomic E-state index is 11.3. The van der Waals surface area contributed by atoms with Gasteiger partial charge in [-0.25, -0.2) is 18.5 Å². The van der Waals surface area contributed by atoms with E-state index >= 15 is 0 Å². The predicted molar refractivity (Wildman–Crippen MR) is 111 cm³/mol. The zero-order chi connectivity index (χ0) is 20.1. The Kier molecular flexibility index (Phi) is 6.12. The van der Waals surface area contributed by atoms with Crippen LogP contribution in [0.15, 0.2) is 64.1 Å². The highest BCUT2D eigenvalue weighted by Crippen LogP contribution is 2.23. The molecule has 1 aromatic heterocycles. The summed E-state index contributed by atoms with van der Waals surface area (Å²) in [6, 6.07) is 13.7. The summed E-state index contributed by atoms with van der Waals surface area (Å²) in [4.78, 5) is 8.69. The number of nitrogens with two attached hydrogens (primary N) is 1. The molecule has 3 aromatic rings. The Morgan fingerprint density at radius 3 is 2.39 bits per heavy atom. The molecule has 0 saturated carbocycles. The van der Waals surface area contributed by atoms with E-state index in [2.05, 4.69) is 36.5 Å². The van der Waals surface area contributed by atoms with E-state index in [4.69, 9.17) is 9.88 Å². The van der Waals surface area contributed by atoms with Crippen LogP contribution in [0.25, 0.3) is 0 Å². The highest BCUT2D eigenvalue weighted by molar-refractivity contribution is 9.10. The van der Waals surface area contributed by atoms with E-state index in [-0.39, 0.29) is 4.90 Å². The number of rotatable bonds is 7. The second-order valence-corrected chi connectivity index (χ2v) is 8.20. The first kappa shape index (κ1) is 20.1. The highest BCUT2D eigenvalue weighted by Gasteiger charge is 2.09. The standard InChI is InChI=1S/C18H18BrN5O3S/c1-27-14-6-2-12(3-7-14)10-21-17-16(19)11-22-18(24-17)23-13-4-8-15(9-5-13)28(20,25)26/h2-9,11H,10H2,1H3,(H2,20,25,26)(H2,21,22,23,24). The molecule has 146 valence electrons. The van der Waals surface area contributed by atoms with Crippen molar-refractivity contribution in [1.82, 2.24) is 9.97 Å². The Bertz CT molecular complexity index is 1060. The quantitative estimate of drug-likeness (QED) is 0.491. The van der Waals surface area contributed by atoms with Crippen molar-refractivity contribution in [2.24, 2.45) is 5.14 Å². The number of ether oxygens (including phenoxy) is 1. The van der Waals surface area contributed by atoms with Gasteiger partial charge in [0.1, 0.15) is 11.6 Å². The van der Waals surface area contributed by atoms with Gasteiger partial charge in [-0.2, -0.15) is 4.98 Å². The van der Waals surface area contributed by atoms with E-state index < -0.39 is 10.0 Å². The average molecular weight is 464 g/mol. The van der Waals surface area contributed by atoms with E-state index in [1.165, 1.54) is 12.1 Å². The van der Waals surface area contributed by atoms with Crippen molar-refractivity contribution in [3.8, 4) is 5.75 Å². The summed E-state index contributed by atoms with van der Waals surface area (Å²) in [6.07, 6.45) is 1.63. The molecule has 28 heavy (non-hydrogen) atoms. The van der Waals surface area contributed by atoms with Crippen LogP contribution in [0.1, 0.15) is 5.56 Å². The van der Waals surface area contributed by atoms with Crippen molar-refractivity contribution in [3.63, 3.8) is 0 Å². The molecule has 0 aliphatic rings. The molecule has 0 atom stereocenters. The summed E-state index contributed by atoms with van der Waals surface area (Å²) in [6.45, 7) is 0.572. The summed E-state index contributed by atoms with van der Waals surface area (Å²) < 4.78 is 28.5. The van der Waals surface area contributed by atoms with Gasteiger partial charge in [0.05, 0.1) is 16.5 Å². The molecule has 0 aliphatic carbocycles. The van der Waals surface area contributed by atoms with Gasteiger partial charge in [0.25, 0.3) is 0 Å². The number of hydrogen-bond acceptors (Lipinski definition) is 7. The lowest BCUT2D eigenvalue weighted by Crippen LogP contribution is -2.11. The summed E-state index contributed by atoms with van der Waals surface area (Å²) in [5.41, 5.74) is 1.70. The van der Waals surface area contributed by atoms with Gasteiger partial charge in [-0.1, -0.05) is 12.1 Å². The Hall–Kier alpha value is -2.69. The van der Waals surface area contributed by atoms with Crippen molar-refractivity contribution in [2.45, 2.75) is 11.4 Å². The fourth-order valence-corrected chi connectivity index (χ4v) is 3.18. The minimum Gasteiger partial charge on any atom is -0.497 e. The van der Waals surface area contributed by atoms with Crippen LogP contribution in [-0.4, -0.2) is 25.5 Å². The number of benzene rings is 2. The lowest BCUT2D eigenvalue weighted by molar-refractivity contribution is 0.414. The van der Waals surface area contributed by atoms with Gasteiger partial charge in [-0.15, -0.1) is 0 Å². The maximum absolute atomic E-state index is 11.3. The van der Waals surface area contributed by atoms with Crippen molar-refractivity contribution in [1.29, 1.82) is 0 Å². The van der Waals surface area contributed by atoms with Crippen molar-refractivity contribution in [2.75, 3.05) is 17.7 Å². The molecular weight excluding hydrogens is 446 g/mol. The van der Waals surface area contributed by atoms with Gasteiger partial charge >= 0.3 is 0 Å². The first-order valence-corrected chi connectivity index (χ1v) is 10.5. The number of methoxy groups -OCH3 is 1. The number of nitrogens with zero attached hydrogens (tertiary/aromatic N) is 2. The van der Waals surface area contributed by atoms with Crippen molar-refractivity contribution < 1.29 is 13.2 Å². The smallest absolute Gasteiger partial charge is 0.238 e. The predicted octanol–water partition coefficient (Wildman–Crippen LogP) is 3.25. The Morgan fingerprint density at radius 2 is 1.79 bits per heavy atom. The number of anilines is 3. The third-order valence-corrected chi connectivity index (χ3v) is 5.31. The SMILES string of the molecule is COc1ccc(CNc2nc(Nc3ccc(S(N)(=O)=O)cc3)ncc2Br)cc1. The van der Waals surface area contributed by atoms with E-state index in [0.717, 1.165) is 15.8 Å². The van der Waals surface area contributed by atoms with Crippen molar-refractivity contribution >= 4 is 43.4 Å². The van der Waals surface area contributed by atoms with Gasteiger partial charge < -0.3 is 15.4 Å². The van der Waals surface area contributed by atoms with Crippen LogP contribution >= 0.6 is 15.9 Å². The third kappa shape index (κ3) is 5.18. The van der Waals surface area contributed by atoms with Crippen LogP contribution in [0, 0.1) is 0 Å². The Morgan fingerprint density at radius 1 is 1.11 bits per heavy atom. The zero-order valence-electron chi connectivity index (χ0n) is 14.9. The largest absolute Gasteiger partial charge is 0.497 e. The second-order valence-electron chi connectivity index (χ2n) is 5.79. The molecule has 3 rings (SSSR count).